The predicted molar refractivity (Wildman–Crippen MR) is 90.8 cm³/mol. The summed E-state index contributed by atoms with van der Waals surface area (Å²) in [5, 5.41) is 5.30. The number of nitrogens with zero attached hydrogens (tertiary/aromatic N) is 1. The van der Waals surface area contributed by atoms with Gasteiger partial charge >= 0.3 is 6.03 Å². The summed E-state index contributed by atoms with van der Waals surface area (Å²) < 4.78 is 5.68. The third kappa shape index (κ3) is 2.81. The molecule has 0 aliphatic carbocycles. The molecule has 4 rings (SSSR count). The number of carbonyl (C=O) groups excluding carboxylic acids is 1. The number of benzene rings is 1. The molecule has 4 nitrogen and oxygen atoms in total. The first-order valence-electron chi connectivity index (χ1n) is 8.15. The number of likely N-dealkylation sites (tertiary alicyclic amines) is 1. The third-order valence-corrected chi connectivity index (χ3v) is 5.62. The minimum Gasteiger partial charge on any atom is -0.493 e. The topological polar surface area (TPSA) is 41.6 Å². The lowest BCUT2D eigenvalue weighted by Gasteiger charge is -2.30. The van der Waals surface area contributed by atoms with Crippen LogP contribution in [0.5, 0.6) is 5.75 Å². The van der Waals surface area contributed by atoms with Crippen LogP contribution >= 0.6 is 11.3 Å². The van der Waals surface area contributed by atoms with Crippen molar-refractivity contribution in [1.82, 2.24) is 10.2 Å². The summed E-state index contributed by atoms with van der Waals surface area (Å²) >= 11 is 1.73. The van der Waals surface area contributed by atoms with Crippen molar-refractivity contribution in [3.05, 3.63) is 52.2 Å². The first kappa shape index (κ1) is 14.6. The monoisotopic (exact) mass is 328 g/mol. The molecule has 1 aromatic heterocycles. The molecule has 2 aliphatic heterocycles. The highest BCUT2D eigenvalue weighted by Crippen LogP contribution is 2.36. The molecule has 1 aromatic carbocycles. The van der Waals surface area contributed by atoms with Crippen molar-refractivity contribution in [2.75, 3.05) is 13.2 Å². The minimum atomic E-state index is 0.0389. The van der Waals surface area contributed by atoms with Crippen LogP contribution in [0.3, 0.4) is 0 Å². The summed E-state index contributed by atoms with van der Waals surface area (Å²) in [6.45, 7) is 1.48. The maximum atomic E-state index is 12.8. The number of amides is 2. The zero-order valence-corrected chi connectivity index (χ0v) is 13.7. The Bertz CT molecular complexity index is 686. The molecule has 2 amide bonds. The maximum absolute atomic E-state index is 12.8. The van der Waals surface area contributed by atoms with Crippen LogP contribution in [0, 0.1) is 0 Å². The molecule has 1 N–H and O–H groups in total. The van der Waals surface area contributed by atoms with Gasteiger partial charge in [0.15, 0.2) is 0 Å². The van der Waals surface area contributed by atoms with E-state index in [2.05, 4.69) is 22.8 Å². The zero-order chi connectivity index (χ0) is 15.6. The van der Waals surface area contributed by atoms with Gasteiger partial charge in [-0.2, -0.15) is 0 Å². The zero-order valence-electron chi connectivity index (χ0n) is 12.9. The normalized spacial score (nSPS) is 23.2. The van der Waals surface area contributed by atoms with E-state index in [1.54, 1.807) is 11.3 Å². The van der Waals surface area contributed by atoms with Crippen LogP contribution in [0.2, 0.25) is 0 Å². The number of fused-ring (bicyclic) bond motifs is 1. The van der Waals surface area contributed by atoms with Crippen LogP contribution in [0.15, 0.2) is 41.8 Å². The van der Waals surface area contributed by atoms with E-state index in [0.717, 1.165) is 37.1 Å². The SMILES string of the molecule is O=C(NC1CCOc2ccccc21)N1CCCC1c1cccs1. The number of nitrogens with one attached hydrogen (secondary N) is 1. The van der Waals surface area contributed by atoms with Gasteiger partial charge in [0.25, 0.3) is 0 Å². The van der Waals surface area contributed by atoms with Crippen LogP contribution in [0.1, 0.15) is 41.8 Å². The number of hydrogen-bond acceptors (Lipinski definition) is 3. The number of urea groups is 1. The summed E-state index contributed by atoms with van der Waals surface area (Å²) in [6.07, 6.45) is 2.94. The van der Waals surface area contributed by atoms with E-state index in [1.807, 2.05) is 29.2 Å². The largest absolute Gasteiger partial charge is 0.493 e. The van der Waals surface area contributed by atoms with Crippen molar-refractivity contribution in [3.63, 3.8) is 0 Å². The number of rotatable bonds is 2. The summed E-state index contributed by atoms with van der Waals surface area (Å²) in [6, 6.07) is 12.5. The second-order valence-electron chi connectivity index (χ2n) is 6.04. The van der Waals surface area contributed by atoms with E-state index < -0.39 is 0 Å². The van der Waals surface area contributed by atoms with Gasteiger partial charge in [0.2, 0.25) is 0 Å². The molecule has 2 aliphatic rings. The van der Waals surface area contributed by atoms with E-state index in [1.165, 1.54) is 4.88 Å². The van der Waals surface area contributed by atoms with E-state index in [4.69, 9.17) is 4.74 Å². The molecule has 2 atom stereocenters. The van der Waals surface area contributed by atoms with E-state index >= 15 is 0 Å². The van der Waals surface area contributed by atoms with E-state index in [0.29, 0.717) is 6.61 Å². The Kier molecular flexibility index (Phi) is 3.95. The molecule has 5 heteroatoms. The van der Waals surface area contributed by atoms with Crippen molar-refractivity contribution in [3.8, 4) is 5.75 Å². The average molecular weight is 328 g/mol. The van der Waals surface area contributed by atoms with Crippen LogP contribution in [0.4, 0.5) is 4.79 Å². The minimum absolute atomic E-state index is 0.0389. The number of thiophene rings is 1. The van der Waals surface area contributed by atoms with Crippen molar-refractivity contribution < 1.29 is 9.53 Å². The first-order chi connectivity index (χ1) is 11.3. The lowest BCUT2D eigenvalue weighted by molar-refractivity contribution is 0.182. The Morgan fingerprint density at radius 2 is 2.13 bits per heavy atom. The van der Waals surface area contributed by atoms with Gasteiger partial charge in [-0.1, -0.05) is 24.3 Å². The van der Waals surface area contributed by atoms with E-state index in [9.17, 15) is 4.79 Å². The van der Waals surface area contributed by atoms with Crippen LogP contribution < -0.4 is 10.1 Å². The molecule has 120 valence electrons. The van der Waals surface area contributed by atoms with Gasteiger partial charge in [0, 0.05) is 23.4 Å². The predicted octanol–water partition coefficient (Wildman–Crippen LogP) is 4.12. The molecule has 23 heavy (non-hydrogen) atoms. The van der Waals surface area contributed by atoms with Gasteiger partial charge in [0.1, 0.15) is 5.75 Å². The lowest BCUT2D eigenvalue weighted by atomic mass is 10.0. The quantitative estimate of drug-likeness (QED) is 0.901. The second kappa shape index (κ2) is 6.24. The molecular weight excluding hydrogens is 308 g/mol. The lowest BCUT2D eigenvalue weighted by Crippen LogP contribution is -2.42. The standard InChI is InChI=1S/C18H20N2O2S/c21-18(20-10-3-6-15(20)17-8-4-12-23-17)19-14-9-11-22-16-7-2-1-5-13(14)16/h1-2,4-5,7-8,12,14-15H,3,6,9-11H2,(H,19,21). The summed E-state index contributed by atoms with van der Waals surface area (Å²) in [4.78, 5) is 16.1. The van der Waals surface area contributed by atoms with Gasteiger partial charge in [-0.05, 0) is 30.4 Å². The fourth-order valence-electron chi connectivity index (χ4n) is 3.51. The molecular formula is C18H20N2O2S. The molecule has 3 heterocycles. The molecule has 1 saturated heterocycles. The molecule has 0 spiro atoms. The number of para-hydroxylation sites is 1. The number of ether oxygens (including phenoxy) is 1. The molecule has 1 fully saturated rings. The fraction of sp³-hybridized carbons (Fsp3) is 0.389. The summed E-state index contributed by atoms with van der Waals surface area (Å²) in [5.41, 5.74) is 1.08. The first-order valence-corrected chi connectivity index (χ1v) is 9.03. The van der Waals surface area contributed by atoms with Gasteiger partial charge < -0.3 is 15.0 Å². The van der Waals surface area contributed by atoms with Crippen LogP contribution in [-0.4, -0.2) is 24.1 Å². The second-order valence-corrected chi connectivity index (χ2v) is 7.02. The Morgan fingerprint density at radius 1 is 1.22 bits per heavy atom. The smallest absolute Gasteiger partial charge is 0.318 e. The van der Waals surface area contributed by atoms with Crippen molar-refractivity contribution in [2.45, 2.75) is 31.3 Å². The maximum Gasteiger partial charge on any atom is 0.318 e. The van der Waals surface area contributed by atoms with E-state index in [-0.39, 0.29) is 18.1 Å². The molecule has 0 radical (unpaired) electrons. The number of carbonyl (C=O) groups is 1. The fourth-order valence-corrected chi connectivity index (χ4v) is 4.38. The Balaban J connectivity index is 1.50. The Hall–Kier alpha value is -2.01. The van der Waals surface area contributed by atoms with Crippen LogP contribution in [-0.2, 0) is 0 Å². The molecule has 2 unspecified atom stereocenters. The Morgan fingerprint density at radius 3 is 3.00 bits per heavy atom. The third-order valence-electron chi connectivity index (χ3n) is 4.64. The summed E-state index contributed by atoms with van der Waals surface area (Å²) in [5.74, 6) is 0.889. The number of hydrogen-bond donors (Lipinski definition) is 1. The van der Waals surface area contributed by atoms with Gasteiger partial charge in [-0.25, -0.2) is 4.79 Å². The van der Waals surface area contributed by atoms with Crippen molar-refractivity contribution in [1.29, 1.82) is 0 Å². The van der Waals surface area contributed by atoms with Crippen LogP contribution in [0.25, 0.3) is 0 Å². The van der Waals surface area contributed by atoms with Crippen molar-refractivity contribution >= 4 is 17.4 Å². The molecule has 2 aromatic rings. The summed E-state index contributed by atoms with van der Waals surface area (Å²) in [7, 11) is 0. The van der Waals surface area contributed by atoms with Gasteiger partial charge in [0.05, 0.1) is 18.7 Å². The Labute approximate surface area is 140 Å². The van der Waals surface area contributed by atoms with Gasteiger partial charge in [-0.15, -0.1) is 11.3 Å². The average Bonchev–Trinajstić information content (AvgIpc) is 3.26. The highest BCUT2D eigenvalue weighted by atomic mass is 32.1. The molecule has 0 bridgehead atoms. The van der Waals surface area contributed by atoms with Crippen molar-refractivity contribution in [2.24, 2.45) is 0 Å². The highest BCUT2D eigenvalue weighted by molar-refractivity contribution is 7.10. The highest BCUT2D eigenvalue weighted by Gasteiger charge is 2.32. The molecule has 0 saturated carbocycles. The van der Waals surface area contributed by atoms with Gasteiger partial charge in [-0.3, -0.25) is 0 Å².